The molecule has 3 N–H and O–H groups in total. The number of aliphatic carboxylic acids is 2. The first-order valence-corrected chi connectivity index (χ1v) is 16.2. The molecule has 0 radical (unpaired) electrons. The van der Waals surface area contributed by atoms with Gasteiger partial charge in [-0.1, -0.05) is 23.2 Å². The molecule has 1 aromatic heterocycles. The molecule has 15 heteroatoms. The minimum Gasteiger partial charge on any atom is -0.548 e. The van der Waals surface area contributed by atoms with Crippen molar-refractivity contribution in [3.63, 3.8) is 0 Å². The quantitative estimate of drug-likeness (QED) is 0.196. The Morgan fingerprint density at radius 2 is 1.95 bits per heavy atom. The Morgan fingerprint density at radius 3 is 2.63 bits per heavy atom. The molecule has 2 fully saturated rings. The number of benzene rings is 1. The van der Waals surface area contributed by atoms with Crippen LogP contribution in [0.1, 0.15) is 12.5 Å². The van der Waals surface area contributed by atoms with E-state index in [1.807, 2.05) is 29.1 Å². The van der Waals surface area contributed by atoms with Gasteiger partial charge in [-0.15, -0.1) is 35.3 Å². The normalized spacial score (nSPS) is 23.7. The second kappa shape index (κ2) is 12.8. The van der Waals surface area contributed by atoms with Gasteiger partial charge in [-0.3, -0.25) is 14.5 Å². The molecule has 5 rings (SSSR count). The van der Waals surface area contributed by atoms with Crippen LogP contribution in [0.4, 0.5) is 0 Å². The number of thioether (sulfide) groups is 3. The number of halogens is 2. The van der Waals surface area contributed by atoms with E-state index in [9.17, 15) is 29.4 Å². The summed E-state index contributed by atoms with van der Waals surface area (Å²) in [6.45, 7) is 0.531. The number of carbonyl (C=O) groups excluding carboxylic acids is 3. The zero-order valence-electron chi connectivity index (χ0n) is 21.2. The molecule has 4 atom stereocenters. The maximum absolute atomic E-state index is 13.0. The standard InChI is InChI=1S/C26H24Cl2N4O6S3/c27-14-1-2-17(28)19(7-14)40-12-20(33)30-21-23(34)32-22(26(37)38)13(11-41-24(21)32)10-39-16-3-5-31(6-4-16)15-8-18(25(35)36)29-9-15/h1-7,15,18,21,24,29H,8-12H2,(H2-,30,33,35,36,37,38)/t15-,18+,21-,24-/m1/s1. The van der Waals surface area contributed by atoms with Crippen molar-refractivity contribution in [3.05, 3.63) is 64.0 Å². The van der Waals surface area contributed by atoms with Gasteiger partial charge in [0.05, 0.1) is 29.3 Å². The second-order valence-electron chi connectivity index (χ2n) is 9.51. The number of nitrogens with zero attached hydrogens (tertiary/aromatic N) is 2. The number of amides is 2. The molecule has 2 aromatic rings. The lowest BCUT2D eigenvalue weighted by atomic mass is 10.0. The van der Waals surface area contributed by atoms with Crippen LogP contribution in [0.5, 0.6) is 0 Å². The Morgan fingerprint density at radius 1 is 1.20 bits per heavy atom. The average Bonchev–Trinajstić information content (AvgIpc) is 3.46. The molecule has 10 nitrogen and oxygen atoms in total. The molecule has 0 saturated carbocycles. The molecule has 2 saturated heterocycles. The fourth-order valence-corrected chi connectivity index (χ4v) is 8.47. The maximum Gasteiger partial charge on any atom is 0.352 e. The highest BCUT2D eigenvalue weighted by atomic mass is 35.5. The van der Waals surface area contributed by atoms with Crippen molar-refractivity contribution in [2.24, 2.45) is 0 Å². The summed E-state index contributed by atoms with van der Waals surface area (Å²) in [5.74, 6) is -2.30. The van der Waals surface area contributed by atoms with Crippen LogP contribution in [0.15, 0.2) is 63.8 Å². The van der Waals surface area contributed by atoms with Crippen LogP contribution in [-0.2, 0) is 19.2 Å². The minimum atomic E-state index is -1.18. The van der Waals surface area contributed by atoms with Gasteiger partial charge in [0.2, 0.25) is 5.91 Å². The lowest BCUT2D eigenvalue weighted by molar-refractivity contribution is -0.719. The monoisotopic (exact) mass is 654 g/mol. The molecule has 3 aliphatic rings. The van der Waals surface area contributed by atoms with Crippen LogP contribution in [0.3, 0.4) is 0 Å². The second-order valence-corrected chi connectivity index (χ2v) is 13.5. The molecule has 0 bridgehead atoms. The Kier molecular flexibility index (Phi) is 9.41. The third kappa shape index (κ3) is 6.65. The van der Waals surface area contributed by atoms with Crippen molar-refractivity contribution in [3.8, 4) is 0 Å². The summed E-state index contributed by atoms with van der Waals surface area (Å²) in [5.41, 5.74) is 0.592. The molecule has 0 unspecified atom stereocenters. The van der Waals surface area contributed by atoms with E-state index in [4.69, 9.17) is 23.2 Å². The van der Waals surface area contributed by atoms with Crippen LogP contribution in [0.2, 0.25) is 10.0 Å². The van der Waals surface area contributed by atoms with Gasteiger partial charge in [0.15, 0.2) is 18.4 Å². The van der Waals surface area contributed by atoms with Crippen LogP contribution in [0.25, 0.3) is 0 Å². The van der Waals surface area contributed by atoms with Gasteiger partial charge in [-0.05, 0) is 23.8 Å². The van der Waals surface area contributed by atoms with Crippen molar-refractivity contribution in [1.82, 2.24) is 15.5 Å². The summed E-state index contributed by atoms with van der Waals surface area (Å²) >= 11 is 16.2. The molecule has 2 amide bonds. The zero-order chi connectivity index (χ0) is 29.3. The molecular formula is C26H24Cl2N4O6S3. The van der Waals surface area contributed by atoms with E-state index in [-0.39, 0.29) is 23.4 Å². The van der Waals surface area contributed by atoms with Gasteiger partial charge >= 0.3 is 5.97 Å². The van der Waals surface area contributed by atoms with E-state index in [2.05, 4.69) is 10.6 Å². The zero-order valence-corrected chi connectivity index (χ0v) is 25.2. The van der Waals surface area contributed by atoms with E-state index in [1.54, 1.807) is 18.2 Å². The molecule has 0 aliphatic carbocycles. The first-order chi connectivity index (χ1) is 19.6. The topological polar surface area (TPSA) is 143 Å². The Balaban J connectivity index is 1.17. The third-order valence-electron chi connectivity index (χ3n) is 6.87. The van der Waals surface area contributed by atoms with Gasteiger partial charge in [-0.2, -0.15) is 0 Å². The fraction of sp³-hybridized carbons (Fsp3) is 0.346. The number of aromatic nitrogens is 1. The smallest absolute Gasteiger partial charge is 0.352 e. The van der Waals surface area contributed by atoms with Gasteiger partial charge in [0.1, 0.15) is 17.1 Å². The summed E-state index contributed by atoms with van der Waals surface area (Å²) in [5, 5.41) is 27.2. The van der Waals surface area contributed by atoms with Crippen molar-refractivity contribution >= 4 is 82.2 Å². The van der Waals surface area contributed by atoms with Gasteiger partial charge < -0.3 is 25.6 Å². The lowest BCUT2D eigenvalue weighted by Crippen LogP contribution is -2.70. The molecule has 4 heterocycles. The molecule has 3 aliphatic heterocycles. The van der Waals surface area contributed by atoms with E-state index in [1.165, 1.54) is 40.2 Å². The summed E-state index contributed by atoms with van der Waals surface area (Å²) < 4.78 is 1.94. The molecular weight excluding hydrogens is 631 g/mol. The van der Waals surface area contributed by atoms with E-state index in [0.717, 1.165) is 4.90 Å². The molecule has 1 aromatic carbocycles. The Labute approximate surface area is 258 Å². The number of pyridine rings is 1. The average molecular weight is 656 g/mol. The molecule has 216 valence electrons. The van der Waals surface area contributed by atoms with Crippen LogP contribution in [0, 0.1) is 0 Å². The van der Waals surface area contributed by atoms with Crippen LogP contribution < -0.4 is 20.3 Å². The van der Waals surface area contributed by atoms with Gasteiger partial charge in [-0.25, -0.2) is 9.36 Å². The summed E-state index contributed by atoms with van der Waals surface area (Å²) in [7, 11) is 0. The Bertz CT molecular complexity index is 1430. The SMILES string of the molecule is O=C(CSc1cc(Cl)ccc1Cl)N[C@@H]1C(=O)N2C(C(=O)O)=C(CSc3cc[n+]([C@H]4CN[C@H](C(=O)[O-])C4)cc3)CS[C@H]12. The van der Waals surface area contributed by atoms with Crippen LogP contribution >= 0.6 is 58.5 Å². The highest BCUT2D eigenvalue weighted by Gasteiger charge is 2.54. The van der Waals surface area contributed by atoms with Crippen molar-refractivity contribution in [2.75, 3.05) is 23.8 Å². The van der Waals surface area contributed by atoms with E-state index >= 15 is 0 Å². The number of β-lactam (4-membered cyclic amide) rings is 1. The Hall–Kier alpha value is -2.42. The highest BCUT2D eigenvalue weighted by Crippen LogP contribution is 2.41. The highest BCUT2D eigenvalue weighted by molar-refractivity contribution is 8.01. The van der Waals surface area contributed by atoms with Gasteiger partial charge in [0.25, 0.3) is 5.91 Å². The number of nitrogens with one attached hydrogen (secondary N) is 2. The number of rotatable bonds is 10. The number of hydrogen-bond acceptors (Lipinski definition) is 9. The fourth-order valence-electron chi connectivity index (χ4n) is 4.80. The predicted molar refractivity (Wildman–Crippen MR) is 155 cm³/mol. The van der Waals surface area contributed by atoms with E-state index < -0.39 is 35.3 Å². The first-order valence-electron chi connectivity index (χ1n) is 12.5. The summed E-state index contributed by atoms with van der Waals surface area (Å²) in [4.78, 5) is 51.6. The number of carboxylic acids is 2. The lowest BCUT2D eigenvalue weighted by Gasteiger charge is -2.49. The van der Waals surface area contributed by atoms with Crippen molar-refractivity contribution in [2.45, 2.75) is 39.7 Å². The largest absolute Gasteiger partial charge is 0.548 e. The van der Waals surface area contributed by atoms with E-state index in [0.29, 0.717) is 45.0 Å². The number of hydrogen-bond donors (Lipinski definition) is 3. The minimum absolute atomic E-state index is 0.00375. The summed E-state index contributed by atoms with van der Waals surface area (Å²) in [6, 6.07) is 7.27. The molecule has 0 spiro atoms. The maximum atomic E-state index is 13.0. The third-order valence-corrected chi connectivity index (χ3v) is 11.0. The predicted octanol–water partition coefficient (Wildman–Crippen LogP) is 1.56. The first kappa shape index (κ1) is 30.1. The number of fused-ring (bicyclic) bond motifs is 1. The summed E-state index contributed by atoms with van der Waals surface area (Å²) in [6.07, 6.45) is 4.18. The number of carboxylic acid groups (broad SMARTS) is 2. The van der Waals surface area contributed by atoms with Gasteiger partial charge in [0, 0.05) is 44.9 Å². The van der Waals surface area contributed by atoms with Crippen molar-refractivity contribution in [1.29, 1.82) is 0 Å². The number of carbonyl (C=O) groups is 4. The van der Waals surface area contributed by atoms with Crippen LogP contribution in [-0.4, -0.2) is 75.0 Å². The molecule has 41 heavy (non-hydrogen) atoms. The van der Waals surface area contributed by atoms with Crippen molar-refractivity contribution < 1.29 is 34.0 Å².